The van der Waals surface area contributed by atoms with Crippen LogP contribution in [-0.2, 0) is 4.74 Å². The number of hydrogen-bond donors (Lipinski definition) is 2. The molecule has 6 heteroatoms. The summed E-state index contributed by atoms with van der Waals surface area (Å²) in [4.78, 5) is 13.3. The summed E-state index contributed by atoms with van der Waals surface area (Å²) in [6.45, 7) is 3.08. The number of anilines is 1. The topological polar surface area (TPSA) is 85.6 Å². The van der Waals surface area contributed by atoms with Crippen LogP contribution in [0.5, 0.6) is 0 Å². The molecule has 0 saturated carbocycles. The Hall–Kier alpha value is -2.26. The molecule has 1 fully saturated rings. The number of nitrogens with one attached hydrogen (secondary N) is 1. The molecule has 21 heavy (non-hydrogen) atoms. The van der Waals surface area contributed by atoms with Gasteiger partial charge in [-0.2, -0.15) is 5.26 Å². The van der Waals surface area contributed by atoms with E-state index in [1.807, 2.05) is 0 Å². The van der Waals surface area contributed by atoms with Crippen molar-refractivity contribution in [3.63, 3.8) is 0 Å². The second-order valence-electron chi connectivity index (χ2n) is 5.13. The molecule has 112 valence electrons. The molecule has 2 atom stereocenters. The van der Waals surface area contributed by atoms with Crippen molar-refractivity contribution in [1.82, 2.24) is 5.32 Å². The number of carbonyl (C=O) groups excluding carboxylic acids is 1. The smallest absolute Gasteiger partial charge is 0.407 e. The molecule has 6 nitrogen and oxygen atoms in total. The van der Waals surface area contributed by atoms with Gasteiger partial charge in [0.25, 0.3) is 0 Å². The highest BCUT2D eigenvalue weighted by Gasteiger charge is 2.26. The normalized spacial score (nSPS) is 19.0. The second-order valence-corrected chi connectivity index (χ2v) is 5.13. The third kappa shape index (κ3) is 3.44. The minimum Gasteiger partial charge on any atom is -0.453 e. The summed E-state index contributed by atoms with van der Waals surface area (Å²) in [6.07, 6.45) is -0.255. The van der Waals surface area contributed by atoms with Crippen LogP contribution in [0.4, 0.5) is 10.5 Å². The van der Waals surface area contributed by atoms with Gasteiger partial charge in [0.1, 0.15) is 0 Å². The fourth-order valence-corrected chi connectivity index (χ4v) is 2.56. The van der Waals surface area contributed by atoms with E-state index in [1.54, 1.807) is 25.1 Å². The summed E-state index contributed by atoms with van der Waals surface area (Å²) in [6, 6.07) is 7.37. The molecule has 1 aliphatic heterocycles. The van der Waals surface area contributed by atoms with Crippen molar-refractivity contribution in [2.24, 2.45) is 0 Å². The minimum atomic E-state index is -0.611. The lowest BCUT2D eigenvalue weighted by Gasteiger charge is -2.23. The Kier molecular flexibility index (Phi) is 4.66. The van der Waals surface area contributed by atoms with E-state index in [-0.39, 0.29) is 6.04 Å². The number of aliphatic hydroxyl groups excluding tert-OH is 1. The van der Waals surface area contributed by atoms with Gasteiger partial charge in [0, 0.05) is 24.3 Å². The number of rotatable bonds is 3. The molecule has 1 saturated heterocycles. The lowest BCUT2D eigenvalue weighted by Crippen LogP contribution is -2.37. The quantitative estimate of drug-likeness (QED) is 0.881. The van der Waals surface area contributed by atoms with Gasteiger partial charge >= 0.3 is 6.09 Å². The van der Waals surface area contributed by atoms with Gasteiger partial charge in [0.05, 0.1) is 30.9 Å². The summed E-state index contributed by atoms with van der Waals surface area (Å²) < 4.78 is 4.60. The Morgan fingerprint density at radius 3 is 3.00 bits per heavy atom. The van der Waals surface area contributed by atoms with Crippen LogP contribution in [-0.4, -0.2) is 37.4 Å². The molecule has 1 unspecified atom stereocenters. The van der Waals surface area contributed by atoms with Gasteiger partial charge in [0.2, 0.25) is 0 Å². The van der Waals surface area contributed by atoms with Crippen molar-refractivity contribution in [2.45, 2.75) is 25.5 Å². The number of aliphatic hydroxyl groups is 1. The van der Waals surface area contributed by atoms with Crippen molar-refractivity contribution in [1.29, 1.82) is 5.26 Å². The van der Waals surface area contributed by atoms with Crippen LogP contribution in [0, 0.1) is 11.3 Å². The van der Waals surface area contributed by atoms with E-state index in [0.717, 1.165) is 24.2 Å². The van der Waals surface area contributed by atoms with E-state index in [9.17, 15) is 9.90 Å². The summed E-state index contributed by atoms with van der Waals surface area (Å²) in [5.74, 6) is 0. The third-order valence-corrected chi connectivity index (χ3v) is 3.65. The van der Waals surface area contributed by atoms with Crippen molar-refractivity contribution >= 4 is 11.8 Å². The van der Waals surface area contributed by atoms with Gasteiger partial charge in [-0.05, 0) is 25.5 Å². The van der Waals surface area contributed by atoms with E-state index in [0.29, 0.717) is 12.1 Å². The van der Waals surface area contributed by atoms with Crippen molar-refractivity contribution in [3.8, 4) is 6.07 Å². The second kappa shape index (κ2) is 6.46. The van der Waals surface area contributed by atoms with Crippen LogP contribution in [0.3, 0.4) is 0 Å². The van der Waals surface area contributed by atoms with Crippen LogP contribution >= 0.6 is 0 Å². The molecule has 2 rings (SSSR count). The molecule has 1 aliphatic rings. The average Bonchev–Trinajstić information content (AvgIpc) is 2.94. The Morgan fingerprint density at radius 1 is 1.62 bits per heavy atom. The number of hydrogen-bond acceptors (Lipinski definition) is 5. The predicted octanol–water partition coefficient (Wildman–Crippen LogP) is 1.55. The maximum Gasteiger partial charge on any atom is 0.407 e. The number of nitrogens with zero attached hydrogens (tertiary/aromatic N) is 2. The van der Waals surface area contributed by atoms with Crippen molar-refractivity contribution < 1.29 is 14.6 Å². The Bertz CT molecular complexity index is 566. The fraction of sp³-hybridized carbons (Fsp3) is 0.467. The summed E-state index contributed by atoms with van der Waals surface area (Å²) in [7, 11) is 1.34. The van der Waals surface area contributed by atoms with E-state index in [2.05, 4.69) is 21.0 Å². The van der Waals surface area contributed by atoms with Crippen molar-refractivity contribution in [2.75, 3.05) is 25.1 Å². The summed E-state index contributed by atoms with van der Waals surface area (Å²) >= 11 is 0. The fourth-order valence-electron chi connectivity index (χ4n) is 2.56. The van der Waals surface area contributed by atoms with Crippen LogP contribution in [0.2, 0.25) is 0 Å². The lowest BCUT2D eigenvalue weighted by atomic mass is 10.0. The first-order valence-electron chi connectivity index (χ1n) is 6.86. The molecule has 0 aromatic heterocycles. The maximum atomic E-state index is 11.3. The number of nitriles is 1. The Morgan fingerprint density at radius 2 is 2.38 bits per heavy atom. The van der Waals surface area contributed by atoms with Gasteiger partial charge in [0.15, 0.2) is 0 Å². The molecule has 0 radical (unpaired) electrons. The number of amides is 1. The number of carbonyl (C=O) groups is 1. The number of ether oxygens (including phenoxy) is 1. The van der Waals surface area contributed by atoms with Gasteiger partial charge < -0.3 is 20.1 Å². The van der Waals surface area contributed by atoms with Crippen LogP contribution in [0.1, 0.15) is 30.6 Å². The van der Waals surface area contributed by atoms with E-state index in [4.69, 9.17) is 5.26 Å². The molecule has 1 heterocycles. The van der Waals surface area contributed by atoms with E-state index in [1.165, 1.54) is 7.11 Å². The first kappa shape index (κ1) is 15.1. The lowest BCUT2D eigenvalue weighted by molar-refractivity contribution is 0.167. The Labute approximate surface area is 123 Å². The number of alkyl carbamates (subject to hydrolysis) is 1. The highest BCUT2D eigenvalue weighted by Crippen LogP contribution is 2.30. The molecule has 1 aromatic rings. The molecule has 0 spiro atoms. The van der Waals surface area contributed by atoms with Gasteiger partial charge in [-0.15, -0.1) is 0 Å². The number of benzene rings is 1. The van der Waals surface area contributed by atoms with Gasteiger partial charge in [-0.25, -0.2) is 4.79 Å². The molecule has 0 bridgehead atoms. The monoisotopic (exact) mass is 289 g/mol. The average molecular weight is 289 g/mol. The molecule has 0 aliphatic carbocycles. The standard InChI is InChI=1S/C15H19N3O3/c1-10(19)13-4-3-11(8-16)7-14(13)18-6-5-12(9-18)17-15(20)21-2/h3-4,7,10,12,19H,5-6,9H2,1-2H3,(H,17,20)/t10-,12?/m1/s1. The largest absolute Gasteiger partial charge is 0.453 e. The maximum absolute atomic E-state index is 11.3. The SMILES string of the molecule is COC(=O)NC1CCN(c2cc(C#N)ccc2[C@@H](C)O)C1. The zero-order valence-corrected chi connectivity index (χ0v) is 12.2. The molecule has 1 amide bonds. The van der Waals surface area contributed by atoms with Gasteiger partial charge in [-0.3, -0.25) is 0 Å². The summed E-state index contributed by atoms with van der Waals surface area (Å²) in [5, 5.41) is 21.7. The first-order valence-corrected chi connectivity index (χ1v) is 6.86. The highest BCUT2D eigenvalue weighted by molar-refractivity contribution is 5.68. The highest BCUT2D eigenvalue weighted by atomic mass is 16.5. The zero-order chi connectivity index (χ0) is 15.4. The van der Waals surface area contributed by atoms with Crippen LogP contribution < -0.4 is 10.2 Å². The van der Waals surface area contributed by atoms with Crippen LogP contribution in [0.15, 0.2) is 18.2 Å². The zero-order valence-electron chi connectivity index (χ0n) is 12.2. The van der Waals surface area contributed by atoms with E-state index >= 15 is 0 Å². The molecular weight excluding hydrogens is 270 g/mol. The Balaban J connectivity index is 2.18. The summed E-state index contributed by atoms with van der Waals surface area (Å²) in [5.41, 5.74) is 2.18. The van der Waals surface area contributed by atoms with Gasteiger partial charge in [-0.1, -0.05) is 6.07 Å². The molecule has 1 aromatic carbocycles. The predicted molar refractivity (Wildman–Crippen MR) is 77.9 cm³/mol. The number of methoxy groups -OCH3 is 1. The van der Waals surface area contributed by atoms with E-state index < -0.39 is 12.2 Å². The molecular formula is C15H19N3O3. The third-order valence-electron chi connectivity index (χ3n) is 3.65. The first-order chi connectivity index (χ1) is 10.0. The van der Waals surface area contributed by atoms with Crippen LogP contribution in [0.25, 0.3) is 0 Å². The minimum absolute atomic E-state index is 0.00467. The molecule has 2 N–H and O–H groups in total. The van der Waals surface area contributed by atoms with Crippen molar-refractivity contribution in [3.05, 3.63) is 29.3 Å².